The summed E-state index contributed by atoms with van der Waals surface area (Å²) >= 11 is 5.89. The van der Waals surface area contributed by atoms with Crippen LogP contribution in [-0.2, 0) is 0 Å². The lowest BCUT2D eigenvalue weighted by atomic mass is 9.70. The summed E-state index contributed by atoms with van der Waals surface area (Å²) in [6.45, 7) is 0. The number of nitriles is 3. The van der Waals surface area contributed by atoms with Crippen LogP contribution in [0.25, 0.3) is 0 Å². The van der Waals surface area contributed by atoms with Crippen LogP contribution >= 0.6 is 11.6 Å². The van der Waals surface area contributed by atoms with E-state index in [4.69, 9.17) is 27.4 Å². The van der Waals surface area contributed by atoms with E-state index in [9.17, 15) is 4.79 Å². The van der Waals surface area contributed by atoms with E-state index in [1.54, 1.807) is 24.3 Å². The number of halogens is 1. The average Bonchev–Trinajstić information content (AvgIpc) is 2.59. The van der Waals surface area contributed by atoms with Gasteiger partial charge in [0.25, 0.3) is 0 Å². The third-order valence-electron chi connectivity index (χ3n) is 4.19. The van der Waals surface area contributed by atoms with Crippen molar-refractivity contribution in [2.45, 2.75) is 51.4 Å². The first-order valence-electron chi connectivity index (χ1n) is 8.01. The quantitative estimate of drug-likeness (QED) is 0.432. The Labute approximate surface area is 148 Å². The molecule has 4 nitrogen and oxygen atoms in total. The molecule has 0 spiro atoms. The topological polar surface area (TPSA) is 88.4 Å². The van der Waals surface area contributed by atoms with Crippen molar-refractivity contribution in [1.82, 2.24) is 0 Å². The first-order chi connectivity index (χ1) is 11.6. The van der Waals surface area contributed by atoms with Crippen LogP contribution in [0.5, 0.6) is 0 Å². The number of rotatable bonds is 10. The van der Waals surface area contributed by atoms with Crippen LogP contribution in [-0.4, -0.2) is 5.78 Å². The Hall–Kier alpha value is -2.35. The van der Waals surface area contributed by atoms with Crippen molar-refractivity contribution in [1.29, 1.82) is 15.8 Å². The van der Waals surface area contributed by atoms with Crippen LogP contribution in [0, 0.1) is 39.4 Å². The molecule has 0 radical (unpaired) electrons. The lowest BCUT2D eigenvalue weighted by molar-refractivity contribution is 0.0732. The number of benzene rings is 1. The standard InChI is InChI=1S/C19H20ClN3O/c20-17-8-6-16(7-9-17)18(24)19(12-5-15-23,10-1-3-13-21)11-2-4-14-22/h6-9H,1-5,10-12H2. The number of unbranched alkanes of at least 4 members (excludes halogenated alkanes) is 2. The van der Waals surface area contributed by atoms with E-state index in [0.717, 1.165) is 0 Å². The second-order valence-corrected chi connectivity index (χ2v) is 6.23. The molecule has 5 heteroatoms. The molecule has 1 aromatic rings. The van der Waals surface area contributed by atoms with E-state index < -0.39 is 5.41 Å². The Morgan fingerprint density at radius 2 is 1.38 bits per heavy atom. The summed E-state index contributed by atoms with van der Waals surface area (Å²) in [6.07, 6.45) is 3.78. The van der Waals surface area contributed by atoms with Crippen LogP contribution in [0.1, 0.15) is 61.7 Å². The van der Waals surface area contributed by atoms with Gasteiger partial charge in [-0.15, -0.1) is 0 Å². The molecule has 0 amide bonds. The van der Waals surface area contributed by atoms with Gasteiger partial charge >= 0.3 is 0 Å². The highest BCUT2D eigenvalue weighted by molar-refractivity contribution is 6.30. The molecule has 0 aliphatic rings. The Kier molecular flexibility index (Phi) is 8.56. The highest BCUT2D eigenvalue weighted by atomic mass is 35.5. The molecule has 0 fully saturated rings. The van der Waals surface area contributed by atoms with Gasteiger partial charge in [-0.1, -0.05) is 11.6 Å². The van der Waals surface area contributed by atoms with Crippen LogP contribution in [0.4, 0.5) is 0 Å². The molecule has 0 unspecified atom stereocenters. The molecule has 0 atom stereocenters. The molecule has 0 saturated carbocycles. The van der Waals surface area contributed by atoms with E-state index in [1.807, 2.05) is 0 Å². The van der Waals surface area contributed by atoms with Gasteiger partial charge in [0.05, 0.1) is 18.2 Å². The predicted molar refractivity (Wildman–Crippen MR) is 92.0 cm³/mol. The Balaban J connectivity index is 3.11. The van der Waals surface area contributed by atoms with Gasteiger partial charge in [0.2, 0.25) is 0 Å². The number of Topliss-reactive ketones (excluding diaryl/α,β-unsaturated/α-hetero) is 1. The van der Waals surface area contributed by atoms with Gasteiger partial charge in [-0.05, 0) is 56.4 Å². The monoisotopic (exact) mass is 341 g/mol. The first-order valence-corrected chi connectivity index (χ1v) is 8.38. The number of hydrogen-bond acceptors (Lipinski definition) is 4. The van der Waals surface area contributed by atoms with Crippen LogP contribution in [0.2, 0.25) is 5.02 Å². The summed E-state index contributed by atoms with van der Waals surface area (Å²) in [5, 5.41) is 27.1. The van der Waals surface area contributed by atoms with Crippen molar-refractivity contribution in [3.63, 3.8) is 0 Å². The van der Waals surface area contributed by atoms with Gasteiger partial charge < -0.3 is 0 Å². The number of ketones is 1. The van der Waals surface area contributed by atoms with E-state index in [2.05, 4.69) is 18.2 Å². The summed E-state index contributed by atoms with van der Waals surface area (Å²) < 4.78 is 0. The highest BCUT2D eigenvalue weighted by Crippen LogP contribution is 2.39. The molecule has 0 heterocycles. The second-order valence-electron chi connectivity index (χ2n) is 5.80. The van der Waals surface area contributed by atoms with Gasteiger partial charge in [0.1, 0.15) is 0 Å². The van der Waals surface area contributed by atoms with Crippen LogP contribution in [0.3, 0.4) is 0 Å². The molecular weight excluding hydrogens is 322 g/mol. The fourth-order valence-electron chi connectivity index (χ4n) is 2.93. The van der Waals surface area contributed by atoms with E-state index in [1.165, 1.54) is 0 Å². The Bertz CT molecular complexity index is 642. The van der Waals surface area contributed by atoms with E-state index in [0.29, 0.717) is 55.5 Å². The molecule has 0 aromatic heterocycles. The second kappa shape index (κ2) is 10.4. The molecule has 24 heavy (non-hydrogen) atoms. The minimum Gasteiger partial charge on any atom is -0.294 e. The van der Waals surface area contributed by atoms with Gasteiger partial charge in [0, 0.05) is 35.3 Å². The zero-order valence-electron chi connectivity index (χ0n) is 13.6. The minimum atomic E-state index is -0.697. The molecular formula is C19H20ClN3O. The minimum absolute atomic E-state index is 0.0229. The average molecular weight is 342 g/mol. The Morgan fingerprint density at radius 3 is 1.83 bits per heavy atom. The number of carbonyl (C=O) groups excluding carboxylic acids is 1. The van der Waals surface area contributed by atoms with Gasteiger partial charge in [-0.25, -0.2) is 0 Å². The number of nitrogens with zero attached hydrogens (tertiary/aromatic N) is 3. The summed E-state index contributed by atoms with van der Waals surface area (Å²) in [5.74, 6) is -0.0229. The third kappa shape index (κ3) is 5.69. The van der Waals surface area contributed by atoms with Crippen molar-refractivity contribution in [3.8, 4) is 18.2 Å². The molecule has 0 N–H and O–H groups in total. The SMILES string of the molecule is N#CCCCC(CCC#N)(CCCC#N)C(=O)c1ccc(Cl)cc1. The normalized spacial score (nSPS) is 10.4. The predicted octanol–water partition coefficient (Wildman–Crippen LogP) is 5.20. The van der Waals surface area contributed by atoms with Gasteiger partial charge in [-0.3, -0.25) is 4.79 Å². The number of carbonyl (C=O) groups is 1. The van der Waals surface area contributed by atoms with E-state index in [-0.39, 0.29) is 12.2 Å². The van der Waals surface area contributed by atoms with Crippen molar-refractivity contribution in [3.05, 3.63) is 34.9 Å². The molecule has 1 rings (SSSR count). The maximum Gasteiger partial charge on any atom is 0.169 e. The first kappa shape index (κ1) is 19.7. The van der Waals surface area contributed by atoms with Gasteiger partial charge in [0.15, 0.2) is 5.78 Å². The lowest BCUT2D eigenvalue weighted by Crippen LogP contribution is -2.31. The lowest BCUT2D eigenvalue weighted by Gasteiger charge is -2.32. The zero-order valence-corrected chi connectivity index (χ0v) is 14.4. The van der Waals surface area contributed by atoms with Crippen molar-refractivity contribution >= 4 is 17.4 Å². The summed E-state index contributed by atoms with van der Waals surface area (Å²) in [6, 6.07) is 13.1. The van der Waals surface area contributed by atoms with E-state index >= 15 is 0 Å². The molecule has 1 aromatic carbocycles. The fraction of sp³-hybridized carbons (Fsp3) is 0.474. The summed E-state index contributed by atoms with van der Waals surface area (Å²) in [4.78, 5) is 13.2. The Morgan fingerprint density at radius 1 is 0.875 bits per heavy atom. The molecule has 0 aliphatic heterocycles. The van der Waals surface area contributed by atoms with Crippen molar-refractivity contribution < 1.29 is 4.79 Å². The van der Waals surface area contributed by atoms with Gasteiger partial charge in [-0.2, -0.15) is 15.8 Å². The molecule has 0 saturated heterocycles. The van der Waals surface area contributed by atoms with Crippen LogP contribution in [0.15, 0.2) is 24.3 Å². The zero-order chi connectivity index (χ0) is 17.8. The highest BCUT2D eigenvalue weighted by Gasteiger charge is 2.37. The molecule has 0 aliphatic carbocycles. The third-order valence-corrected chi connectivity index (χ3v) is 4.44. The van der Waals surface area contributed by atoms with Crippen LogP contribution < -0.4 is 0 Å². The fourth-order valence-corrected chi connectivity index (χ4v) is 3.06. The van der Waals surface area contributed by atoms with Crippen molar-refractivity contribution in [2.24, 2.45) is 5.41 Å². The summed E-state index contributed by atoms with van der Waals surface area (Å²) in [5.41, 5.74) is -0.136. The summed E-state index contributed by atoms with van der Waals surface area (Å²) in [7, 11) is 0. The smallest absolute Gasteiger partial charge is 0.169 e. The maximum absolute atomic E-state index is 13.2. The van der Waals surface area contributed by atoms with Crippen molar-refractivity contribution in [2.75, 3.05) is 0 Å². The largest absolute Gasteiger partial charge is 0.294 e. The molecule has 124 valence electrons. The molecule has 0 bridgehead atoms. The maximum atomic E-state index is 13.2. The number of hydrogen-bond donors (Lipinski definition) is 0.